The summed E-state index contributed by atoms with van der Waals surface area (Å²) in [6, 6.07) is 10.5. The molecule has 1 atom stereocenters. The average molecular weight is 283 g/mol. The molecular weight excluding hydrogens is 263 g/mol. The van der Waals surface area contributed by atoms with E-state index in [-0.39, 0.29) is 6.10 Å². The molecule has 1 aromatic rings. The van der Waals surface area contributed by atoms with E-state index < -0.39 is 0 Å². The van der Waals surface area contributed by atoms with E-state index in [9.17, 15) is 5.11 Å². The molecule has 88 valence electrons. The zero-order valence-corrected chi connectivity index (χ0v) is 11.5. The number of unbranched alkanes of at least 4 members (excludes halogenated alkanes) is 1. The molecule has 1 nitrogen and oxygen atoms in total. The molecule has 0 radical (unpaired) electrons. The van der Waals surface area contributed by atoms with Crippen molar-refractivity contribution in [1.29, 1.82) is 0 Å². The van der Waals surface area contributed by atoms with Crippen LogP contribution in [0.2, 0.25) is 0 Å². The Morgan fingerprint density at radius 1 is 1.31 bits per heavy atom. The summed E-state index contributed by atoms with van der Waals surface area (Å²) in [7, 11) is 0. The van der Waals surface area contributed by atoms with E-state index in [0.717, 1.165) is 25.7 Å². The second-order valence-electron chi connectivity index (χ2n) is 3.83. The van der Waals surface area contributed by atoms with Gasteiger partial charge in [0, 0.05) is 0 Å². The van der Waals surface area contributed by atoms with E-state index in [4.69, 9.17) is 0 Å². The fourth-order valence-electron chi connectivity index (χ4n) is 1.40. The Morgan fingerprint density at radius 3 is 2.75 bits per heavy atom. The second kappa shape index (κ2) is 8.58. The average Bonchev–Trinajstić information content (AvgIpc) is 2.33. The Morgan fingerprint density at radius 2 is 2.06 bits per heavy atom. The SMILES string of the molecule is CCCCC(O)C/C=C/[Se]c1ccccc1. The maximum absolute atomic E-state index is 9.63. The Balaban J connectivity index is 2.18. The molecule has 1 unspecified atom stereocenters. The van der Waals surface area contributed by atoms with Gasteiger partial charge < -0.3 is 0 Å². The van der Waals surface area contributed by atoms with Crippen LogP contribution in [0.15, 0.2) is 41.4 Å². The molecule has 1 rings (SSSR count). The summed E-state index contributed by atoms with van der Waals surface area (Å²) < 4.78 is 1.38. The fraction of sp³-hybridized carbons (Fsp3) is 0.429. The number of hydrogen-bond donors (Lipinski definition) is 1. The van der Waals surface area contributed by atoms with Gasteiger partial charge in [0.25, 0.3) is 0 Å². The Bertz CT molecular complexity index is 295. The van der Waals surface area contributed by atoms with Crippen molar-refractivity contribution in [2.24, 2.45) is 0 Å². The van der Waals surface area contributed by atoms with E-state index in [0.29, 0.717) is 15.0 Å². The van der Waals surface area contributed by atoms with Gasteiger partial charge in [-0.15, -0.1) is 0 Å². The Labute approximate surface area is 105 Å². The van der Waals surface area contributed by atoms with Gasteiger partial charge in [-0.2, -0.15) is 0 Å². The van der Waals surface area contributed by atoms with Gasteiger partial charge in [0.05, 0.1) is 0 Å². The van der Waals surface area contributed by atoms with Crippen molar-refractivity contribution in [2.75, 3.05) is 0 Å². The summed E-state index contributed by atoms with van der Waals surface area (Å²) in [5, 5.41) is 9.63. The van der Waals surface area contributed by atoms with Crippen molar-refractivity contribution in [3.63, 3.8) is 0 Å². The van der Waals surface area contributed by atoms with Gasteiger partial charge in [-0.25, -0.2) is 0 Å². The summed E-state index contributed by atoms with van der Waals surface area (Å²) >= 11 is 0.408. The number of rotatable bonds is 7. The van der Waals surface area contributed by atoms with Crippen LogP contribution < -0.4 is 4.46 Å². The molecule has 2 heteroatoms. The van der Waals surface area contributed by atoms with Gasteiger partial charge >= 0.3 is 105 Å². The maximum atomic E-state index is 9.63. The van der Waals surface area contributed by atoms with Gasteiger partial charge in [-0.05, 0) is 0 Å². The second-order valence-corrected chi connectivity index (χ2v) is 5.89. The molecule has 0 fully saturated rings. The summed E-state index contributed by atoms with van der Waals surface area (Å²) in [6.45, 7) is 2.15. The van der Waals surface area contributed by atoms with Gasteiger partial charge in [-0.3, -0.25) is 0 Å². The van der Waals surface area contributed by atoms with E-state index in [2.05, 4.69) is 42.2 Å². The molecule has 0 aliphatic heterocycles. The van der Waals surface area contributed by atoms with E-state index in [1.54, 1.807) is 0 Å². The van der Waals surface area contributed by atoms with Crippen molar-refractivity contribution in [1.82, 2.24) is 0 Å². The van der Waals surface area contributed by atoms with Crippen molar-refractivity contribution in [3.8, 4) is 0 Å². The van der Waals surface area contributed by atoms with Crippen molar-refractivity contribution >= 4 is 19.4 Å². The van der Waals surface area contributed by atoms with Gasteiger partial charge in [0.2, 0.25) is 0 Å². The Kier molecular flexibility index (Phi) is 7.24. The van der Waals surface area contributed by atoms with Crippen molar-refractivity contribution in [2.45, 2.75) is 38.7 Å². The molecule has 16 heavy (non-hydrogen) atoms. The summed E-state index contributed by atoms with van der Waals surface area (Å²) in [5.74, 6) is 0. The minimum atomic E-state index is -0.150. The third-order valence-corrected chi connectivity index (χ3v) is 4.17. The predicted molar refractivity (Wildman–Crippen MR) is 71.1 cm³/mol. The normalized spacial score (nSPS) is 13.1. The zero-order chi connectivity index (χ0) is 11.6. The number of hydrogen-bond acceptors (Lipinski definition) is 1. The topological polar surface area (TPSA) is 20.2 Å². The number of aliphatic hydroxyl groups is 1. The van der Waals surface area contributed by atoms with Crippen LogP contribution in [0.5, 0.6) is 0 Å². The van der Waals surface area contributed by atoms with Crippen LogP contribution in [0.1, 0.15) is 32.6 Å². The van der Waals surface area contributed by atoms with E-state index in [1.165, 1.54) is 4.46 Å². The molecule has 1 aromatic carbocycles. The fourth-order valence-corrected chi connectivity index (χ4v) is 2.82. The minimum absolute atomic E-state index is 0.150. The number of benzene rings is 1. The van der Waals surface area contributed by atoms with Gasteiger partial charge in [0.1, 0.15) is 0 Å². The van der Waals surface area contributed by atoms with E-state index in [1.807, 2.05) is 6.07 Å². The van der Waals surface area contributed by atoms with Crippen LogP contribution >= 0.6 is 0 Å². The molecule has 0 saturated heterocycles. The summed E-state index contributed by atoms with van der Waals surface area (Å²) in [6.07, 6.45) is 5.98. The quantitative estimate of drug-likeness (QED) is 0.762. The van der Waals surface area contributed by atoms with E-state index >= 15 is 0 Å². The van der Waals surface area contributed by atoms with Crippen LogP contribution in [-0.4, -0.2) is 26.2 Å². The first-order valence-corrected chi connectivity index (χ1v) is 7.72. The molecule has 0 bridgehead atoms. The molecule has 0 aromatic heterocycles. The van der Waals surface area contributed by atoms with Crippen LogP contribution in [0.25, 0.3) is 0 Å². The molecule has 1 N–H and O–H groups in total. The molecule has 0 heterocycles. The molecule has 0 aliphatic carbocycles. The molecular formula is C14H20OSe. The summed E-state index contributed by atoms with van der Waals surface area (Å²) in [5.41, 5.74) is 0. The van der Waals surface area contributed by atoms with Crippen LogP contribution in [0.3, 0.4) is 0 Å². The molecule has 0 amide bonds. The first-order valence-electron chi connectivity index (χ1n) is 5.87. The molecule has 0 saturated carbocycles. The van der Waals surface area contributed by atoms with Crippen LogP contribution in [-0.2, 0) is 0 Å². The zero-order valence-electron chi connectivity index (χ0n) is 9.80. The van der Waals surface area contributed by atoms with Crippen molar-refractivity contribution in [3.05, 3.63) is 41.4 Å². The Hall–Kier alpha value is -0.561. The first-order chi connectivity index (χ1) is 7.83. The summed E-state index contributed by atoms with van der Waals surface area (Å²) in [4.78, 5) is 2.21. The van der Waals surface area contributed by atoms with Crippen molar-refractivity contribution < 1.29 is 5.11 Å². The third kappa shape index (κ3) is 6.12. The van der Waals surface area contributed by atoms with Crippen LogP contribution in [0.4, 0.5) is 0 Å². The molecule has 0 spiro atoms. The number of aliphatic hydroxyl groups excluding tert-OH is 1. The van der Waals surface area contributed by atoms with Gasteiger partial charge in [-0.1, -0.05) is 0 Å². The monoisotopic (exact) mass is 284 g/mol. The standard InChI is InChI=1S/C14H20OSe/c1-2-3-8-13(15)9-7-12-16-14-10-5-4-6-11-14/h4-7,10-13,15H,2-3,8-9H2,1H3/b12-7+. The third-order valence-electron chi connectivity index (χ3n) is 2.34. The predicted octanol–water partition coefficient (Wildman–Crippen LogP) is 2.47. The molecule has 0 aliphatic rings. The first kappa shape index (κ1) is 13.5. The van der Waals surface area contributed by atoms with Crippen LogP contribution in [0, 0.1) is 0 Å². The van der Waals surface area contributed by atoms with Gasteiger partial charge in [0.15, 0.2) is 0 Å².